The fourth-order valence-electron chi connectivity index (χ4n) is 4.71. The number of rotatable bonds is 3. The molecule has 0 atom stereocenters. The van der Waals surface area contributed by atoms with E-state index in [-0.39, 0.29) is 5.91 Å². The zero-order chi connectivity index (χ0) is 18.2. The smallest absolute Gasteiger partial charge is 0.241 e. The van der Waals surface area contributed by atoms with Gasteiger partial charge in [0.05, 0.1) is 6.54 Å². The molecule has 0 radical (unpaired) electrons. The van der Waals surface area contributed by atoms with Crippen LogP contribution in [0.2, 0.25) is 0 Å². The van der Waals surface area contributed by atoms with E-state index in [1.807, 2.05) is 11.0 Å². The van der Waals surface area contributed by atoms with Gasteiger partial charge in [-0.05, 0) is 61.5 Å². The van der Waals surface area contributed by atoms with Crippen LogP contribution >= 0.6 is 0 Å². The molecule has 0 aliphatic carbocycles. The first kappa shape index (κ1) is 16.6. The van der Waals surface area contributed by atoms with E-state index in [9.17, 15) is 4.79 Å². The molecule has 2 aliphatic rings. The maximum Gasteiger partial charge on any atom is 0.241 e. The number of benzene rings is 2. The van der Waals surface area contributed by atoms with Crippen molar-refractivity contribution < 1.29 is 4.79 Å². The number of nitrogens with zero attached hydrogens (tertiary/aromatic N) is 2. The summed E-state index contributed by atoms with van der Waals surface area (Å²) in [5, 5.41) is 1.35. The number of likely N-dealkylation sites (tertiary alicyclic amines) is 1. The van der Waals surface area contributed by atoms with Crippen molar-refractivity contribution in [3.05, 3.63) is 65.9 Å². The van der Waals surface area contributed by atoms with E-state index in [1.165, 1.54) is 22.0 Å². The monoisotopic (exact) mass is 359 g/mol. The maximum atomic E-state index is 12.8. The number of carbonyl (C=O) groups is 1. The van der Waals surface area contributed by atoms with Crippen molar-refractivity contribution in [2.45, 2.75) is 25.2 Å². The highest BCUT2D eigenvalue weighted by atomic mass is 16.2. The summed E-state index contributed by atoms with van der Waals surface area (Å²) in [6, 6.07) is 16.8. The van der Waals surface area contributed by atoms with Crippen LogP contribution in [0.25, 0.3) is 10.9 Å². The lowest BCUT2D eigenvalue weighted by Crippen LogP contribution is -2.42. The van der Waals surface area contributed by atoms with Crippen LogP contribution in [0.1, 0.15) is 29.9 Å². The highest BCUT2D eigenvalue weighted by Gasteiger charge is 2.28. The Morgan fingerprint density at radius 1 is 1.00 bits per heavy atom. The van der Waals surface area contributed by atoms with Gasteiger partial charge in [0, 0.05) is 29.3 Å². The average molecular weight is 359 g/mol. The molecule has 0 unspecified atom stereocenters. The summed E-state index contributed by atoms with van der Waals surface area (Å²) in [4.78, 5) is 20.5. The van der Waals surface area contributed by atoms with Crippen molar-refractivity contribution in [2.24, 2.45) is 0 Å². The minimum atomic E-state index is 0.241. The number of aromatic amines is 1. The molecule has 0 bridgehead atoms. The lowest BCUT2D eigenvalue weighted by Gasteiger charge is -2.32. The Morgan fingerprint density at radius 3 is 2.67 bits per heavy atom. The maximum absolute atomic E-state index is 12.8. The predicted molar refractivity (Wildman–Crippen MR) is 109 cm³/mol. The molecule has 0 spiro atoms. The van der Waals surface area contributed by atoms with E-state index in [2.05, 4.69) is 58.5 Å². The van der Waals surface area contributed by atoms with E-state index in [4.69, 9.17) is 0 Å². The highest BCUT2D eigenvalue weighted by Crippen LogP contribution is 2.33. The number of para-hydroxylation sites is 2. The van der Waals surface area contributed by atoms with Gasteiger partial charge in [-0.1, -0.05) is 36.4 Å². The zero-order valence-electron chi connectivity index (χ0n) is 15.5. The van der Waals surface area contributed by atoms with E-state index in [0.717, 1.165) is 44.6 Å². The summed E-state index contributed by atoms with van der Waals surface area (Å²) in [6.07, 6.45) is 5.39. The Labute approximate surface area is 159 Å². The molecule has 138 valence electrons. The molecule has 27 heavy (non-hydrogen) atoms. The Hall–Kier alpha value is -2.59. The fraction of sp³-hybridized carbons (Fsp3) is 0.348. The summed E-state index contributed by atoms with van der Waals surface area (Å²) >= 11 is 0. The van der Waals surface area contributed by atoms with Crippen molar-refractivity contribution in [1.29, 1.82) is 0 Å². The lowest BCUT2D eigenvalue weighted by molar-refractivity contribution is -0.119. The SMILES string of the molecule is O=C(CN1CCC(c2c[nH]c3ccccc23)CC1)N1CCc2ccccc21. The van der Waals surface area contributed by atoms with Crippen molar-refractivity contribution in [2.75, 3.05) is 31.1 Å². The summed E-state index contributed by atoms with van der Waals surface area (Å²) in [5.41, 5.74) is 5.06. The number of amides is 1. The number of fused-ring (bicyclic) bond motifs is 2. The largest absolute Gasteiger partial charge is 0.361 e. The highest BCUT2D eigenvalue weighted by molar-refractivity contribution is 5.96. The van der Waals surface area contributed by atoms with E-state index in [1.54, 1.807) is 0 Å². The summed E-state index contributed by atoms with van der Waals surface area (Å²) in [6.45, 7) is 3.34. The second-order valence-electron chi connectivity index (χ2n) is 7.76. The number of piperidine rings is 1. The standard InChI is InChI=1S/C23H25N3O/c27-23(26-14-11-18-5-1-4-8-22(18)26)16-25-12-9-17(10-13-25)20-15-24-21-7-3-2-6-19(20)21/h1-8,15,17,24H,9-14,16H2. The van der Waals surface area contributed by atoms with Gasteiger partial charge in [0.25, 0.3) is 0 Å². The molecular weight excluding hydrogens is 334 g/mol. The van der Waals surface area contributed by atoms with Crippen molar-refractivity contribution in [1.82, 2.24) is 9.88 Å². The number of aromatic nitrogens is 1. The van der Waals surface area contributed by atoms with Crippen LogP contribution in [-0.4, -0.2) is 42.0 Å². The molecule has 0 saturated carbocycles. The molecule has 3 aromatic rings. The topological polar surface area (TPSA) is 39.3 Å². The normalized spacial score (nSPS) is 18.1. The first-order valence-electron chi connectivity index (χ1n) is 9.96. The first-order valence-corrected chi connectivity index (χ1v) is 9.96. The van der Waals surface area contributed by atoms with Gasteiger partial charge in [-0.3, -0.25) is 9.69 Å². The van der Waals surface area contributed by atoms with Gasteiger partial charge >= 0.3 is 0 Å². The number of hydrogen-bond donors (Lipinski definition) is 1. The number of carbonyl (C=O) groups excluding carboxylic acids is 1. The number of nitrogens with one attached hydrogen (secondary N) is 1. The molecule has 3 heterocycles. The predicted octanol–water partition coefficient (Wildman–Crippen LogP) is 3.94. The first-order chi connectivity index (χ1) is 13.3. The minimum absolute atomic E-state index is 0.241. The van der Waals surface area contributed by atoms with Gasteiger partial charge in [0.2, 0.25) is 5.91 Å². The Bertz CT molecular complexity index is 968. The number of H-pyrrole nitrogens is 1. The van der Waals surface area contributed by atoms with Gasteiger partial charge in [0.15, 0.2) is 0 Å². The molecule has 4 nitrogen and oxygen atoms in total. The van der Waals surface area contributed by atoms with Gasteiger partial charge in [0.1, 0.15) is 0 Å². The molecule has 5 rings (SSSR count). The van der Waals surface area contributed by atoms with Crippen molar-refractivity contribution >= 4 is 22.5 Å². The molecule has 2 aliphatic heterocycles. The van der Waals surface area contributed by atoms with Gasteiger partial charge in [-0.15, -0.1) is 0 Å². The molecule has 2 aromatic carbocycles. The Balaban J connectivity index is 1.22. The summed E-state index contributed by atoms with van der Waals surface area (Å²) in [5.74, 6) is 0.825. The van der Waals surface area contributed by atoms with Crippen molar-refractivity contribution in [3.8, 4) is 0 Å². The molecule has 1 fully saturated rings. The molecule has 1 aromatic heterocycles. The Kier molecular flexibility index (Phi) is 4.21. The fourth-order valence-corrected chi connectivity index (χ4v) is 4.71. The lowest BCUT2D eigenvalue weighted by atomic mass is 9.89. The van der Waals surface area contributed by atoms with Crippen LogP contribution in [-0.2, 0) is 11.2 Å². The van der Waals surface area contributed by atoms with Crippen LogP contribution in [0.15, 0.2) is 54.7 Å². The molecule has 1 N–H and O–H groups in total. The van der Waals surface area contributed by atoms with E-state index in [0.29, 0.717) is 12.5 Å². The Morgan fingerprint density at radius 2 is 1.78 bits per heavy atom. The second-order valence-corrected chi connectivity index (χ2v) is 7.76. The van der Waals surface area contributed by atoms with Crippen LogP contribution < -0.4 is 4.90 Å². The third kappa shape index (κ3) is 3.04. The van der Waals surface area contributed by atoms with E-state index < -0.39 is 0 Å². The third-order valence-electron chi connectivity index (χ3n) is 6.20. The zero-order valence-corrected chi connectivity index (χ0v) is 15.5. The van der Waals surface area contributed by atoms with E-state index >= 15 is 0 Å². The molecule has 4 heteroatoms. The number of anilines is 1. The summed E-state index contributed by atoms with van der Waals surface area (Å²) in [7, 11) is 0. The quantitative estimate of drug-likeness (QED) is 0.769. The van der Waals surface area contributed by atoms with Crippen LogP contribution in [0.4, 0.5) is 5.69 Å². The van der Waals surface area contributed by atoms with Crippen LogP contribution in [0.3, 0.4) is 0 Å². The molecular formula is C23H25N3O. The van der Waals surface area contributed by atoms with Crippen LogP contribution in [0.5, 0.6) is 0 Å². The number of hydrogen-bond acceptors (Lipinski definition) is 2. The average Bonchev–Trinajstić information content (AvgIpc) is 3.33. The van der Waals surface area contributed by atoms with Crippen molar-refractivity contribution in [3.63, 3.8) is 0 Å². The third-order valence-corrected chi connectivity index (χ3v) is 6.20. The second kappa shape index (κ2) is 6.86. The van der Waals surface area contributed by atoms with Gasteiger partial charge in [-0.2, -0.15) is 0 Å². The molecule has 1 saturated heterocycles. The van der Waals surface area contributed by atoms with Gasteiger partial charge < -0.3 is 9.88 Å². The van der Waals surface area contributed by atoms with Crippen LogP contribution in [0, 0.1) is 0 Å². The van der Waals surface area contributed by atoms with Gasteiger partial charge in [-0.25, -0.2) is 0 Å². The minimum Gasteiger partial charge on any atom is -0.361 e. The summed E-state index contributed by atoms with van der Waals surface area (Å²) < 4.78 is 0. The molecule has 1 amide bonds.